The standard InChI is InChI=1S/C65H43N3/c1-5-23-45(24-6-1)66(46-25-7-2-8-26-46)61-42-44-22-13-14-31-50(44)62-53-33-15-18-35-55(53)65(64(61)62)56-36-19-16-34-54(56)63-57(65)37-21-39-59(63)67(47-27-9-3-10-28-47)49-40-41-52-51-32-17-20-38-58(51)68(60(52)43-49)48-29-11-4-12-30-48/h1-43H. The number of anilines is 6. The topological polar surface area (TPSA) is 11.4 Å². The van der Waals surface area contributed by atoms with Gasteiger partial charge in [0.15, 0.2) is 0 Å². The Hall–Kier alpha value is -8.92. The predicted molar refractivity (Wildman–Crippen MR) is 284 cm³/mol. The monoisotopic (exact) mass is 865 g/mol. The average Bonchev–Trinajstić information content (AvgIpc) is 4.02. The molecule has 68 heavy (non-hydrogen) atoms. The van der Waals surface area contributed by atoms with Gasteiger partial charge < -0.3 is 14.4 Å². The van der Waals surface area contributed by atoms with E-state index < -0.39 is 5.41 Å². The van der Waals surface area contributed by atoms with Crippen LogP contribution in [-0.2, 0) is 5.41 Å². The number of para-hydroxylation sites is 5. The lowest BCUT2D eigenvalue weighted by atomic mass is 9.69. The molecule has 0 aliphatic heterocycles. The molecular weight excluding hydrogens is 823 g/mol. The highest BCUT2D eigenvalue weighted by atomic mass is 15.2. The van der Waals surface area contributed by atoms with Crippen LogP contribution < -0.4 is 9.80 Å². The van der Waals surface area contributed by atoms with E-state index in [1.807, 2.05) is 0 Å². The zero-order chi connectivity index (χ0) is 44.8. The first kappa shape index (κ1) is 38.4. The summed E-state index contributed by atoms with van der Waals surface area (Å²) >= 11 is 0. The van der Waals surface area contributed by atoms with Crippen molar-refractivity contribution in [1.29, 1.82) is 0 Å². The van der Waals surface area contributed by atoms with Gasteiger partial charge in [0.1, 0.15) is 0 Å². The van der Waals surface area contributed by atoms with Gasteiger partial charge >= 0.3 is 0 Å². The average molecular weight is 866 g/mol. The summed E-state index contributed by atoms with van der Waals surface area (Å²) in [6.07, 6.45) is 0. The van der Waals surface area contributed by atoms with Crippen molar-refractivity contribution < 1.29 is 0 Å². The maximum Gasteiger partial charge on any atom is 0.0747 e. The molecule has 1 aromatic heterocycles. The third kappa shape index (κ3) is 5.41. The van der Waals surface area contributed by atoms with E-state index in [1.54, 1.807) is 0 Å². The first-order valence-electron chi connectivity index (χ1n) is 23.5. The molecule has 14 rings (SSSR count). The largest absolute Gasteiger partial charge is 0.310 e. The molecule has 1 spiro atoms. The Balaban J connectivity index is 1.10. The number of aromatic nitrogens is 1. The number of benzene rings is 11. The third-order valence-electron chi connectivity index (χ3n) is 14.5. The normalized spacial score (nSPS) is 14.2. The van der Waals surface area contributed by atoms with Crippen molar-refractivity contribution in [2.24, 2.45) is 0 Å². The van der Waals surface area contributed by atoms with Gasteiger partial charge in [-0.25, -0.2) is 0 Å². The Morgan fingerprint density at radius 3 is 1.47 bits per heavy atom. The second kappa shape index (κ2) is 15.1. The fourth-order valence-corrected chi connectivity index (χ4v) is 11.9. The van der Waals surface area contributed by atoms with Crippen molar-refractivity contribution in [2.45, 2.75) is 5.41 Å². The van der Waals surface area contributed by atoms with E-state index in [-0.39, 0.29) is 0 Å². The molecular formula is C65H43N3. The molecule has 0 saturated carbocycles. The lowest BCUT2D eigenvalue weighted by Gasteiger charge is -2.36. The highest BCUT2D eigenvalue weighted by molar-refractivity contribution is 6.13. The summed E-state index contributed by atoms with van der Waals surface area (Å²) in [4.78, 5) is 4.98. The molecule has 12 aromatic rings. The predicted octanol–water partition coefficient (Wildman–Crippen LogP) is 17.2. The Labute approximate surface area is 395 Å². The molecule has 2 aliphatic rings. The molecule has 11 aromatic carbocycles. The van der Waals surface area contributed by atoms with Crippen molar-refractivity contribution in [3.63, 3.8) is 0 Å². The number of hydrogen-bond donors (Lipinski definition) is 0. The van der Waals surface area contributed by atoms with Crippen LogP contribution >= 0.6 is 0 Å². The summed E-state index contributed by atoms with van der Waals surface area (Å²) in [5.41, 5.74) is 19.8. The van der Waals surface area contributed by atoms with E-state index in [9.17, 15) is 0 Å². The van der Waals surface area contributed by atoms with Gasteiger partial charge in [0.05, 0.1) is 27.8 Å². The van der Waals surface area contributed by atoms with Gasteiger partial charge in [0.2, 0.25) is 0 Å². The zero-order valence-corrected chi connectivity index (χ0v) is 37.2. The van der Waals surface area contributed by atoms with Crippen LogP contribution in [0.3, 0.4) is 0 Å². The minimum atomic E-state index is -0.666. The lowest BCUT2D eigenvalue weighted by Crippen LogP contribution is -2.28. The molecule has 0 fully saturated rings. The van der Waals surface area contributed by atoms with E-state index in [0.29, 0.717) is 0 Å². The van der Waals surface area contributed by atoms with E-state index >= 15 is 0 Å². The molecule has 0 radical (unpaired) electrons. The summed E-state index contributed by atoms with van der Waals surface area (Å²) in [5, 5.41) is 4.93. The van der Waals surface area contributed by atoms with Crippen molar-refractivity contribution in [3.05, 3.63) is 283 Å². The molecule has 3 nitrogen and oxygen atoms in total. The van der Waals surface area contributed by atoms with Gasteiger partial charge in [-0.15, -0.1) is 0 Å². The summed E-state index contributed by atoms with van der Waals surface area (Å²) in [6.45, 7) is 0. The van der Waals surface area contributed by atoms with E-state index in [4.69, 9.17) is 0 Å². The van der Waals surface area contributed by atoms with Gasteiger partial charge in [-0.1, -0.05) is 182 Å². The summed E-state index contributed by atoms with van der Waals surface area (Å²) in [7, 11) is 0. The number of fused-ring (bicyclic) bond motifs is 15. The van der Waals surface area contributed by atoms with Crippen LogP contribution in [-0.4, -0.2) is 4.57 Å². The first-order chi connectivity index (χ1) is 33.8. The minimum Gasteiger partial charge on any atom is -0.310 e. The second-order valence-corrected chi connectivity index (χ2v) is 18.0. The van der Waals surface area contributed by atoms with Gasteiger partial charge in [-0.3, -0.25) is 0 Å². The molecule has 318 valence electrons. The summed E-state index contributed by atoms with van der Waals surface area (Å²) in [6, 6.07) is 96.2. The van der Waals surface area contributed by atoms with Crippen molar-refractivity contribution in [1.82, 2.24) is 4.57 Å². The van der Waals surface area contributed by atoms with Crippen LogP contribution in [0.15, 0.2) is 261 Å². The SMILES string of the molecule is c1ccc(N(c2ccc3c4ccccc4n(-c4ccccc4)c3c2)c2cccc3c2-c2ccccc2C32c3ccccc3-c3c2c(N(c2ccccc2)c2ccccc2)cc2ccccc32)cc1. The Bertz CT molecular complexity index is 3870. The first-order valence-corrected chi connectivity index (χ1v) is 23.5. The van der Waals surface area contributed by atoms with Crippen LogP contribution in [0.25, 0.3) is 60.5 Å². The molecule has 0 saturated heterocycles. The van der Waals surface area contributed by atoms with Gasteiger partial charge in [-0.05, 0) is 123 Å². The van der Waals surface area contributed by atoms with E-state index in [0.717, 1.165) is 39.6 Å². The minimum absolute atomic E-state index is 0.666. The Morgan fingerprint density at radius 1 is 0.309 bits per heavy atom. The number of nitrogens with zero attached hydrogens (tertiary/aromatic N) is 3. The fourth-order valence-electron chi connectivity index (χ4n) is 11.9. The van der Waals surface area contributed by atoms with Crippen molar-refractivity contribution >= 4 is 66.7 Å². The third-order valence-corrected chi connectivity index (χ3v) is 14.5. The smallest absolute Gasteiger partial charge is 0.0747 e. The summed E-state index contributed by atoms with van der Waals surface area (Å²) in [5.74, 6) is 0. The second-order valence-electron chi connectivity index (χ2n) is 18.0. The van der Waals surface area contributed by atoms with E-state index in [1.165, 1.54) is 77.3 Å². The molecule has 1 atom stereocenters. The highest BCUT2D eigenvalue weighted by Gasteiger charge is 2.54. The van der Waals surface area contributed by atoms with Gasteiger partial charge in [0, 0.05) is 50.3 Å². The molecule has 0 N–H and O–H groups in total. The van der Waals surface area contributed by atoms with Gasteiger partial charge in [-0.2, -0.15) is 0 Å². The molecule has 0 bridgehead atoms. The van der Waals surface area contributed by atoms with Gasteiger partial charge in [0.25, 0.3) is 0 Å². The Morgan fingerprint density at radius 2 is 0.809 bits per heavy atom. The van der Waals surface area contributed by atoms with Crippen LogP contribution in [0.4, 0.5) is 34.1 Å². The fraction of sp³-hybridized carbons (Fsp3) is 0.0154. The van der Waals surface area contributed by atoms with Crippen LogP contribution in [0.1, 0.15) is 22.3 Å². The zero-order valence-electron chi connectivity index (χ0n) is 37.2. The Kier molecular flexibility index (Phi) is 8.50. The molecule has 1 unspecified atom stereocenters. The quantitative estimate of drug-likeness (QED) is 0.158. The number of hydrogen-bond acceptors (Lipinski definition) is 2. The number of rotatable bonds is 7. The lowest BCUT2D eigenvalue weighted by molar-refractivity contribution is 0.793. The van der Waals surface area contributed by atoms with Crippen LogP contribution in [0.2, 0.25) is 0 Å². The maximum absolute atomic E-state index is 2.49. The molecule has 2 aliphatic carbocycles. The van der Waals surface area contributed by atoms with Crippen LogP contribution in [0.5, 0.6) is 0 Å². The van der Waals surface area contributed by atoms with Crippen LogP contribution in [0, 0.1) is 0 Å². The molecule has 0 amide bonds. The molecule has 3 heteroatoms. The van der Waals surface area contributed by atoms with Crippen molar-refractivity contribution in [2.75, 3.05) is 9.80 Å². The van der Waals surface area contributed by atoms with Crippen molar-refractivity contribution in [3.8, 4) is 27.9 Å². The van der Waals surface area contributed by atoms with E-state index in [2.05, 4.69) is 275 Å². The highest BCUT2D eigenvalue weighted by Crippen LogP contribution is 2.68. The summed E-state index contributed by atoms with van der Waals surface area (Å²) < 4.78 is 2.42. The maximum atomic E-state index is 2.49. The molecule has 1 heterocycles.